The zero-order valence-corrected chi connectivity index (χ0v) is 15.2. The lowest BCUT2D eigenvalue weighted by Gasteiger charge is -2.16. The minimum absolute atomic E-state index is 0.118. The Hall–Kier alpha value is -3.26. The second-order valence-corrected chi connectivity index (χ2v) is 5.76. The van der Waals surface area contributed by atoms with Gasteiger partial charge in [-0.2, -0.15) is 0 Å². The van der Waals surface area contributed by atoms with E-state index in [1.54, 1.807) is 6.92 Å². The van der Waals surface area contributed by atoms with E-state index >= 15 is 0 Å². The summed E-state index contributed by atoms with van der Waals surface area (Å²) in [7, 11) is 1.24. The summed E-state index contributed by atoms with van der Waals surface area (Å²) >= 11 is 0. The van der Waals surface area contributed by atoms with Crippen LogP contribution in [0.3, 0.4) is 0 Å². The van der Waals surface area contributed by atoms with Gasteiger partial charge >= 0.3 is 11.9 Å². The molecule has 0 radical (unpaired) electrons. The van der Waals surface area contributed by atoms with Crippen molar-refractivity contribution in [2.75, 3.05) is 25.2 Å². The van der Waals surface area contributed by atoms with E-state index in [2.05, 4.69) is 10.1 Å². The van der Waals surface area contributed by atoms with Gasteiger partial charge in [0.2, 0.25) is 0 Å². The first-order valence-electron chi connectivity index (χ1n) is 8.27. The largest absolute Gasteiger partial charge is 0.478 e. The van der Waals surface area contributed by atoms with Crippen molar-refractivity contribution in [2.24, 2.45) is 0 Å². The van der Waals surface area contributed by atoms with Crippen molar-refractivity contribution in [1.29, 1.82) is 0 Å². The number of carbonyl (C=O) groups is 2. The molecular formula is C19H23N3O5. The zero-order valence-electron chi connectivity index (χ0n) is 15.2. The van der Waals surface area contributed by atoms with Crippen LogP contribution in [0.15, 0.2) is 42.5 Å². The molecule has 0 aliphatic heterocycles. The lowest BCUT2D eigenvalue weighted by molar-refractivity contribution is -0.142. The molecule has 0 amide bonds. The summed E-state index contributed by atoms with van der Waals surface area (Å²) < 4.78 is 15.1. The van der Waals surface area contributed by atoms with Gasteiger partial charge in [-0.05, 0) is 24.6 Å². The molecule has 0 bridgehead atoms. The van der Waals surface area contributed by atoms with Crippen molar-refractivity contribution < 1.29 is 23.8 Å². The number of hydrogen-bond donors (Lipinski definition) is 3. The van der Waals surface area contributed by atoms with Gasteiger partial charge in [0.15, 0.2) is 18.6 Å². The van der Waals surface area contributed by atoms with Crippen molar-refractivity contribution in [3.63, 3.8) is 0 Å². The van der Waals surface area contributed by atoms with E-state index in [1.165, 1.54) is 19.2 Å². The molecule has 0 aliphatic rings. The van der Waals surface area contributed by atoms with Gasteiger partial charge in [0, 0.05) is 6.54 Å². The van der Waals surface area contributed by atoms with Gasteiger partial charge in [0.1, 0.15) is 0 Å². The van der Waals surface area contributed by atoms with E-state index in [9.17, 15) is 9.59 Å². The second kappa shape index (κ2) is 9.44. The van der Waals surface area contributed by atoms with Crippen molar-refractivity contribution in [3.8, 4) is 5.75 Å². The molecule has 27 heavy (non-hydrogen) atoms. The van der Waals surface area contributed by atoms with Crippen LogP contribution in [0, 0.1) is 0 Å². The Balaban J connectivity index is 1.96. The molecule has 5 N–H and O–H groups in total. The number of benzene rings is 2. The predicted octanol–water partition coefficient (Wildman–Crippen LogP) is 1.70. The average molecular weight is 373 g/mol. The number of rotatable bonds is 8. The van der Waals surface area contributed by atoms with Crippen LogP contribution in [-0.2, 0) is 20.8 Å². The molecule has 8 nitrogen and oxygen atoms in total. The van der Waals surface area contributed by atoms with Crippen LogP contribution in [-0.4, -0.2) is 31.9 Å². The molecular weight excluding hydrogens is 350 g/mol. The maximum Gasteiger partial charge on any atom is 0.343 e. The molecule has 2 aromatic rings. The number of nitrogens with one attached hydrogen (secondary N) is 1. The Morgan fingerprint density at radius 3 is 2.33 bits per heavy atom. The standard InChI is InChI=1S/C19H23N3O5/c1-12(22-10-13-6-4-3-5-7-13)27-19(24)14-8-15(20)18(16(21)9-14)26-11-17(23)25-2/h3-9,12,22H,10-11,20-21H2,1-2H3. The van der Waals surface area contributed by atoms with Crippen LogP contribution in [0.4, 0.5) is 11.4 Å². The first-order chi connectivity index (χ1) is 12.9. The van der Waals surface area contributed by atoms with E-state index in [4.69, 9.17) is 20.9 Å². The van der Waals surface area contributed by atoms with Gasteiger partial charge in [-0.15, -0.1) is 0 Å². The second-order valence-electron chi connectivity index (χ2n) is 5.76. The maximum absolute atomic E-state index is 12.3. The summed E-state index contributed by atoms with van der Waals surface area (Å²) in [4.78, 5) is 23.5. The minimum Gasteiger partial charge on any atom is -0.478 e. The van der Waals surface area contributed by atoms with E-state index in [0.29, 0.717) is 6.54 Å². The van der Waals surface area contributed by atoms with Crippen molar-refractivity contribution in [1.82, 2.24) is 5.32 Å². The van der Waals surface area contributed by atoms with Gasteiger partial charge in [-0.25, -0.2) is 9.59 Å². The highest BCUT2D eigenvalue weighted by Gasteiger charge is 2.17. The average Bonchev–Trinajstić information content (AvgIpc) is 2.66. The van der Waals surface area contributed by atoms with Crippen molar-refractivity contribution in [2.45, 2.75) is 19.7 Å². The van der Waals surface area contributed by atoms with E-state index in [1.807, 2.05) is 30.3 Å². The van der Waals surface area contributed by atoms with Crippen LogP contribution in [0.25, 0.3) is 0 Å². The molecule has 0 heterocycles. The third-order valence-electron chi connectivity index (χ3n) is 3.66. The number of nitrogens with two attached hydrogens (primary N) is 2. The number of methoxy groups -OCH3 is 1. The fourth-order valence-electron chi connectivity index (χ4n) is 2.28. The van der Waals surface area contributed by atoms with E-state index in [-0.39, 0.29) is 29.3 Å². The fourth-order valence-corrected chi connectivity index (χ4v) is 2.28. The van der Waals surface area contributed by atoms with Crippen LogP contribution in [0.1, 0.15) is 22.8 Å². The third kappa shape index (κ3) is 5.89. The number of carbonyl (C=O) groups excluding carboxylic acids is 2. The lowest BCUT2D eigenvalue weighted by Crippen LogP contribution is -2.30. The molecule has 0 spiro atoms. The molecule has 0 saturated carbocycles. The first kappa shape index (κ1) is 20.1. The fraction of sp³-hybridized carbons (Fsp3) is 0.263. The Morgan fingerprint density at radius 1 is 1.11 bits per heavy atom. The molecule has 2 aromatic carbocycles. The molecule has 0 aliphatic carbocycles. The van der Waals surface area contributed by atoms with Gasteiger partial charge < -0.3 is 25.7 Å². The number of esters is 2. The number of nitrogen functional groups attached to an aromatic ring is 2. The van der Waals surface area contributed by atoms with Crippen LogP contribution in [0.5, 0.6) is 5.75 Å². The van der Waals surface area contributed by atoms with Gasteiger partial charge in [-0.1, -0.05) is 30.3 Å². The highest BCUT2D eigenvalue weighted by atomic mass is 16.6. The lowest BCUT2D eigenvalue weighted by atomic mass is 10.1. The third-order valence-corrected chi connectivity index (χ3v) is 3.66. The van der Waals surface area contributed by atoms with Crippen LogP contribution < -0.4 is 21.5 Å². The molecule has 1 atom stereocenters. The van der Waals surface area contributed by atoms with E-state index in [0.717, 1.165) is 5.56 Å². The maximum atomic E-state index is 12.3. The van der Waals surface area contributed by atoms with Gasteiger partial charge in [-0.3, -0.25) is 5.32 Å². The SMILES string of the molecule is COC(=O)COc1c(N)cc(C(=O)OC(C)NCc2ccccc2)cc1N. The quantitative estimate of drug-likeness (QED) is 0.363. The molecule has 0 fully saturated rings. The van der Waals surface area contributed by atoms with Crippen LogP contribution >= 0.6 is 0 Å². The van der Waals surface area contributed by atoms with Crippen LogP contribution in [0.2, 0.25) is 0 Å². The molecule has 8 heteroatoms. The summed E-state index contributed by atoms with van der Waals surface area (Å²) in [6, 6.07) is 12.5. The summed E-state index contributed by atoms with van der Waals surface area (Å²) in [5.41, 5.74) is 13.2. The van der Waals surface area contributed by atoms with E-state index < -0.39 is 18.2 Å². The molecule has 0 aromatic heterocycles. The Bertz CT molecular complexity index is 772. The molecule has 0 saturated heterocycles. The molecule has 2 rings (SSSR count). The Morgan fingerprint density at radius 2 is 1.74 bits per heavy atom. The zero-order chi connectivity index (χ0) is 19.8. The van der Waals surface area contributed by atoms with Crippen molar-refractivity contribution in [3.05, 3.63) is 53.6 Å². The van der Waals surface area contributed by atoms with Gasteiger partial charge in [0.25, 0.3) is 0 Å². The Kier molecular flexibility index (Phi) is 7.01. The number of hydrogen-bond acceptors (Lipinski definition) is 8. The minimum atomic E-state index is -0.582. The summed E-state index contributed by atoms with van der Waals surface area (Å²) in [6.45, 7) is 1.94. The summed E-state index contributed by atoms with van der Waals surface area (Å²) in [5.74, 6) is -1.04. The topological polar surface area (TPSA) is 126 Å². The monoisotopic (exact) mass is 373 g/mol. The highest BCUT2D eigenvalue weighted by Crippen LogP contribution is 2.31. The first-order valence-corrected chi connectivity index (χ1v) is 8.27. The normalized spacial score (nSPS) is 11.5. The number of anilines is 2. The van der Waals surface area contributed by atoms with Gasteiger partial charge in [0.05, 0.1) is 24.0 Å². The Labute approximate surface area is 157 Å². The summed E-state index contributed by atoms with van der Waals surface area (Å²) in [6.07, 6.45) is -0.518. The smallest absolute Gasteiger partial charge is 0.343 e. The van der Waals surface area contributed by atoms with Crippen molar-refractivity contribution >= 4 is 23.3 Å². The summed E-state index contributed by atoms with van der Waals surface area (Å²) in [5, 5.41) is 3.10. The molecule has 1 unspecified atom stereocenters. The number of ether oxygens (including phenoxy) is 3. The predicted molar refractivity (Wildman–Crippen MR) is 101 cm³/mol. The molecule has 144 valence electrons. The highest BCUT2D eigenvalue weighted by molar-refractivity contribution is 5.93.